The number of pyridine rings is 1. The van der Waals surface area contributed by atoms with E-state index in [1.807, 2.05) is 18.2 Å². The Kier molecular flexibility index (Phi) is 3.66. The standard InChI is InChI=1S/C19H16N2O3/c20-11-15(16-3-1-2-6-21-16)19(22)14-10-13(14)12-4-5-17-18(9-12)24-8-7-23-17/h1-6,9,13-15H,7-8,10H2/t13-,14+,15-/m0/s1. The van der Waals surface area contributed by atoms with Crippen LogP contribution in [0.3, 0.4) is 0 Å². The highest BCUT2D eigenvalue weighted by atomic mass is 16.6. The number of hydrogen-bond acceptors (Lipinski definition) is 5. The van der Waals surface area contributed by atoms with Gasteiger partial charge in [-0.05, 0) is 42.2 Å². The van der Waals surface area contributed by atoms with Crippen molar-refractivity contribution < 1.29 is 14.3 Å². The van der Waals surface area contributed by atoms with Crippen molar-refractivity contribution in [2.75, 3.05) is 13.2 Å². The topological polar surface area (TPSA) is 72.2 Å². The molecule has 1 fully saturated rings. The molecular weight excluding hydrogens is 304 g/mol. The third-order valence-electron chi connectivity index (χ3n) is 4.55. The lowest BCUT2D eigenvalue weighted by atomic mass is 9.95. The van der Waals surface area contributed by atoms with E-state index in [1.54, 1.807) is 24.4 Å². The summed E-state index contributed by atoms with van der Waals surface area (Å²) in [5, 5.41) is 9.39. The van der Waals surface area contributed by atoms with Crippen LogP contribution in [0.5, 0.6) is 11.5 Å². The van der Waals surface area contributed by atoms with Gasteiger partial charge in [-0.25, -0.2) is 0 Å². The first-order chi connectivity index (χ1) is 11.8. The van der Waals surface area contributed by atoms with Crippen LogP contribution in [-0.2, 0) is 4.79 Å². The van der Waals surface area contributed by atoms with Crippen LogP contribution in [0.4, 0.5) is 0 Å². The zero-order valence-corrected chi connectivity index (χ0v) is 13.0. The lowest BCUT2D eigenvalue weighted by Gasteiger charge is -2.19. The third-order valence-corrected chi connectivity index (χ3v) is 4.55. The molecule has 120 valence electrons. The molecule has 1 aromatic carbocycles. The maximum absolute atomic E-state index is 12.7. The molecule has 4 rings (SSSR count). The quantitative estimate of drug-likeness (QED) is 0.866. The van der Waals surface area contributed by atoms with Crippen molar-refractivity contribution in [1.82, 2.24) is 4.98 Å². The monoisotopic (exact) mass is 320 g/mol. The zero-order chi connectivity index (χ0) is 16.5. The van der Waals surface area contributed by atoms with E-state index in [4.69, 9.17) is 9.47 Å². The van der Waals surface area contributed by atoms with Crippen LogP contribution in [0.1, 0.15) is 29.5 Å². The minimum atomic E-state index is -0.793. The summed E-state index contributed by atoms with van der Waals surface area (Å²) in [7, 11) is 0. The summed E-state index contributed by atoms with van der Waals surface area (Å²) in [6, 6.07) is 13.2. The smallest absolute Gasteiger partial charge is 0.161 e. The first-order valence-electron chi connectivity index (χ1n) is 8.02. The third kappa shape index (κ3) is 2.61. The number of rotatable bonds is 4. The molecule has 0 bridgehead atoms. The molecule has 1 aliphatic heterocycles. The predicted molar refractivity (Wildman–Crippen MR) is 85.9 cm³/mol. The molecule has 5 heteroatoms. The van der Waals surface area contributed by atoms with E-state index >= 15 is 0 Å². The molecule has 1 aromatic heterocycles. The highest BCUT2D eigenvalue weighted by Crippen LogP contribution is 2.51. The number of benzene rings is 1. The fraction of sp³-hybridized carbons (Fsp3) is 0.316. The molecule has 0 saturated heterocycles. The van der Waals surface area contributed by atoms with Gasteiger partial charge in [0.15, 0.2) is 17.3 Å². The van der Waals surface area contributed by atoms with E-state index in [0.717, 1.165) is 23.5 Å². The van der Waals surface area contributed by atoms with Crippen LogP contribution in [0, 0.1) is 17.2 Å². The number of Topliss-reactive ketones (excluding diaryl/α,β-unsaturated/α-hetero) is 1. The lowest BCUT2D eigenvalue weighted by Crippen LogP contribution is -2.16. The van der Waals surface area contributed by atoms with E-state index in [0.29, 0.717) is 18.9 Å². The Hall–Kier alpha value is -2.87. The van der Waals surface area contributed by atoms with Crippen LogP contribution in [0.2, 0.25) is 0 Å². The van der Waals surface area contributed by atoms with E-state index in [9.17, 15) is 10.1 Å². The van der Waals surface area contributed by atoms with Crippen molar-refractivity contribution in [2.24, 2.45) is 5.92 Å². The molecular formula is C19H16N2O3. The fourth-order valence-corrected chi connectivity index (χ4v) is 3.20. The van der Waals surface area contributed by atoms with Gasteiger partial charge >= 0.3 is 0 Å². The Bertz CT molecular complexity index is 813. The Balaban J connectivity index is 1.51. The molecule has 3 atom stereocenters. The second-order valence-electron chi connectivity index (χ2n) is 6.07. The number of hydrogen-bond donors (Lipinski definition) is 0. The molecule has 0 amide bonds. The van der Waals surface area contributed by atoms with Gasteiger partial charge in [0.1, 0.15) is 19.1 Å². The largest absolute Gasteiger partial charge is 0.486 e. The number of nitrogens with zero attached hydrogens (tertiary/aromatic N) is 2. The van der Waals surface area contributed by atoms with E-state index in [-0.39, 0.29) is 17.6 Å². The normalized spacial score (nSPS) is 22.3. The number of ketones is 1. The highest BCUT2D eigenvalue weighted by molar-refractivity contribution is 5.93. The van der Waals surface area contributed by atoms with Gasteiger partial charge < -0.3 is 9.47 Å². The van der Waals surface area contributed by atoms with Crippen molar-refractivity contribution in [3.05, 3.63) is 53.9 Å². The van der Waals surface area contributed by atoms with Crippen molar-refractivity contribution in [2.45, 2.75) is 18.3 Å². The lowest BCUT2D eigenvalue weighted by molar-refractivity contribution is -0.120. The molecule has 2 aliphatic rings. The number of carbonyl (C=O) groups is 1. The maximum Gasteiger partial charge on any atom is 0.161 e. The van der Waals surface area contributed by atoms with E-state index < -0.39 is 5.92 Å². The minimum absolute atomic E-state index is 0.0453. The summed E-state index contributed by atoms with van der Waals surface area (Å²) in [5.41, 5.74) is 1.59. The van der Waals surface area contributed by atoms with Gasteiger partial charge in [-0.15, -0.1) is 0 Å². The summed E-state index contributed by atoms with van der Waals surface area (Å²) in [6.07, 6.45) is 2.38. The summed E-state index contributed by atoms with van der Waals surface area (Å²) < 4.78 is 11.1. The molecule has 0 spiro atoms. The van der Waals surface area contributed by atoms with Crippen LogP contribution in [0.15, 0.2) is 42.6 Å². The van der Waals surface area contributed by atoms with Crippen molar-refractivity contribution in [1.29, 1.82) is 5.26 Å². The maximum atomic E-state index is 12.7. The molecule has 0 N–H and O–H groups in total. The summed E-state index contributed by atoms with van der Waals surface area (Å²) in [6.45, 7) is 1.10. The summed E-state index contributed by atoms with van der Waals surface area (Å²) in [5.74, 6) is 0.664. The van der Waals surface area contributed by atoms with Gasteiger partial charge in [0.25, 0.3) is 0 Å². The molecule has 2 aromatic rings. The van der Waals surface area contributed by atoms with Gasteiger partial charge in [-0.2, -0.15) is 5.26 Å². The summed E-state index contributed by atoms with van der Waals surface area (Å²) in [4.78, 5) is 16.8. The van der Waals surface area contributed by atoms with E-state index in [1.165, 1.54) is 0 Å². The molecule has 0 radical (unpaired) electrons. The number of ether oxygens (including phenoxy) is 2. The number of nitriles is 1. The second-order valence-corrected chi connectivity index (χ2v) is 6.07. The minimum Gasteiger partial charge on any atom is -0.486 e. The second kappa shape index (κ2) is 5.97. The van der Waals surface area contributed by atoms with Crippen molar-refractivity contribution in [3.63, 3.8) is 0 Å². The Morgan fingerprint density at radius 3 is 2.79 bits per heavy atom. The number of fused-ring (bicyclic) bond motifs is 1. The van der Waals surface area contributed by atoms with Crippen LogP contribution >= 0.6 is 0 Å². The van der Waals surface area contributed by atoms with Crippen molar-refractivity contribution in [3.8, 4) is 17.6 Å². The first-order valence-corrected chi connectivity index (χ1v) is 8.02. The average Bonchev–Trinajstić information content (AvgIpc) is 3.43. The number of aromatic nitrogens is 1. The van der Waals surface area contributed by atoms with Crippen LogP contribution in [-0.4, -0.2) is 24.0 Å². The van der Waals surface area contributed by atoms with Gasteiger partial charge in [0.05, 0.1) is 11.8 Å². The molecule has 1 aliphatic carbocycles. The first kappa shape index (κ1) is 14.7. The zero-order valence-electron chi connectivity index (χ0n) is 13.0. The molecule has 2 heterocycles. The number of carbonyl (C=O) groups excluding carboxylic acids is 1. The molecule has 24 heavy (non-hydrogen) atoms. The highest BCUT2D eigenvalue weighted by Gasteiger charge is 2.47. The average molecular weight is 320 g/mol. The Morgan fingerprint density at radius 1 is 1.21 bits per heavy atom. The molecule has 1 saturated carbocycles. The Morgan fingerprint density at radius 2 is 2.04 bits per heavy atom. The van der Waals surface area contributed by atoms with E-state index in [2.05, 4.69) is 11.1 Å². The summed E-state index contributed by atoms with van der Waals surface area (Å²) >= 11 is 0. The predicted octanol–water partition coefficient (Wildman–Crippen LogP) is 2.83. The van der Waals surface area contributed by atoms with Crippen molar-refractivity contribution >= 4 is 5.78 Å². The van der Waals surface area contributed by atoms with Gasteiger partial charge in [-0.3, -0.25) is 9.78 Å². The van der Waals surface area contributed by atoms with Gasteiger partial charge in [-0.1, -0.05) is 12.1 Å². The molecule has 5 nitrogen and oxygen atoms in total. The van der Waals surface area contributed by atoms with Gasteiger partial charge in [0, 0.05) is 12.1 Å². The van der Waals surface area contributed by atoms with Gasteiger partial charge in [0.2, 0.25) is 0 Å². The molecule has 0 unspecified atom stereocenters. The fourth-order valence-electron chi connectivity index (χ4n) is 3.20. The Labute approximate surface area is 139 Å². The van der Waals surface area contributed by atoms with Crippen LogP contribution in [0.25, 0.3) is 0 Å². The SMILES string of the molecule is N#C[C@H](C(=O)[C@@H]1C[C@H]1c1ccc2c(c1)OCCO2)c1ccccn1. The van der Waals surface area contributed by atoms with Crippen LogP contribution < -0.4 is 9.47 Å².